The summed E-state index contributed by atoms with van der Waals surface area (Å²) >= 11 is 0. The lowest BCUT2D eigenvalue weighted by Crippen LogP contribution is -2.41. The summed E-state index contributed by atoms with van der Waals surface area (Å²) in [4.78, 5) is 28.7. The van der Waals surface area contributed by atoms with Gasteiger partial charge in [0.1, 0.15) is 11.6 Å². The first-order valence-corrected chi connectivity index (χ1v) is 11.3. The van der Waals surface area contributed by atoms with Gasteiger partial charge in [-0.15, -0.1) is 0 Å². The molecule has 0 spiro atoms. The van der Waals surface area contributed by atoms with Crippen LogP contribution in [0.3, 0.4) is 0 Å². The smallest absolute Gasteiger partial charge is 0.309 e. The van der Waals surface area contributed by atoms with E-state index in [2.05, 4.69) is 10.3 Å². The van der Waals surface area contributed by atoms with Crippen LogP contribution in [0.4, 0.5) is 10.1 Å². The summed E-state index contributed by atoms with van der Waals surface area (Å²) in [6.07, 6.45) is 0.947. The Morgan fingerprint density at radius 3 is 2.55 bits per heavy atom. The number of amides is 1. The average Bonchev–Trinajstić information content (AvgIpc) is 3.07. The normalized spacial score (nSPS) is 16.6. The van der Waals surface area contributed by atoms with Crippen LogP contribution in [0.5, 0.6) is 0 Å². The van der Waals surface area contributed by atoms with E-state index in [4.69, 9.17) is 4.74 Å². The Morgan fingerprint density at radius 1 is 1.29 bits per heavy atom. The second-order valence-electron chi connectivity index (χ2n) is 7.49. The molecule has 11 heteroatoms. The van der Waals surface area contributed by atoms with Gasteiger partial charge < -0.3 is 14.6 Å². The summed E-state index contributed by atoms with van der Waals surface area (Å²) in [5, 5.41) is 2.47. The molecule has 9 nitrogen and oxygen atoms in total. The van der Waals surface area contributed by atoms with E-state index in [1.165, 1.54) is 35.6 Å². The Morgan fingerprint density at radius 2 is 1.97 bits per heavy atom. The van der Waals surface area contributed by atoms with Crippen LogP contribution >= 0.6 is 0 Å². The molecule has 1 amide bonds. The van der Waals surface area contributed by atoms with Gasteiger partial charge in [0.15, 0.2) is 11.1 Å². The molecule has 3 rings (SSSR count). The Kier molecular flexibility index (Phi) is 6.75. The Hall–Kier alpha value is -2.79. The number of aromatic nitrogens is 2. The third-order valence-corrected chi connectivity index (χ3v) is 7.00. The summed E-state index contributed by atoms with van der Waals surface area (Å²) in [6.45, 7) is 3.45. The summed E-state index contributed by atoms with van der Waals surface area (Å²) in [7, 11) is -2.02. The minimum absolute atomic E-state index is 0.0174. The van der Waals surface area contributed by atoms with Crippen molar-refractivity contribution in [1.29, 1.82) is 0 Å². The first-order valence-electron chi connectivity index (χ1n) is 9.85. The Balaban J connectivity index is 1.53. The molecule has 2 aromatic rings. The van der Waals surface area contributed by atoms with Crippen LogP contribution in [0.2, 0.25) is 0 Å². The van der Waals surface area contributed by atoms with Gasteiger partial charge >= 0.3 is 5.97 Å². The van der Waals surface area contributed by atoms with Crippen LogP contribution in [0.25, 0.3) is 0 Å². The summed E-state index contributed by atoms with van der Waals surface area (Å²) in [6, 6.07) is 5.39. The summed E-state index contributed by atoms with van der Waals surface area (Å²) in [5.41, 5.74) is 0.260. The molecule has 1 saturated heterocycles. The summed E-state index contributed by atoms with van der Waals surface area (Å²) in [5.74, 6) is -1.56. The lowest BCUT2D eigenvalue weighted by Gasteiger charge is -2.30. The van der Waals surface area contributed by atoms with Crippen LogP contribution in [-0.4, -0.2) is 53.3 Å². The molecular formula is C20H25FN4O5S. The van der Waals surface area contributed by atoms with E-state index in [0.717, 1.165) is 6.07 Å². The molecule has 0 saturated carbocycles. The average molecular weight is 453 g/mol. The van der Waals surface area contributed by atoms with Gasteiger partial charge in [0.05, 0.1) is 5.92 Å². The number of nitrogens with zero attached hydrogens (tertiary/aromatic N) is 3. The molecule has 1 aromatic carbocycles. The second kappa shape index (κ2) is 9.15. The Bertz CT molecular complexity index is 1060. The number of sulfonamides is 1. The summed E-state index contributed by atoms with van der Waals surface area (Å²) < 4.78 is 46.9. The number of hydrogen-bond acceptors (Lipinski definition) is 6. The number of anilines is 1. The van der Waals surface area contributed by atoms with Gasteiger partial charge in [-0.2, -0.15) is 4.31 Å². The zero-order valence-corrected chi connectivity index (χ0v) is 18.4. The fraction of sp³-hybridized carbons (Fsp3) is 0.450. The number of esters is 1. The molecule has 0 aliphatic carbocycles. The molecule has 2 heterocycles. The van der Waals surface area contributed by atoms with Crippen LogP contribution in [-0.2, 0) is 31.4 Å². The molecule has 0 radical (unpaired) electrons. The largest absolute Gasteiger partial charge is 0.452 e. The van der Waals surface area contributed by atoms with Crippen molar-refractivity contribution in [2.75, 3.05) is 18.4 Å². The van der Waals surface area contributed by atoms with Crippen LogP contribution in [0.1, 0.15) is 25.6 Å². The third kappa shape index (κ3) is 5.28. The van der Waals surface area contributed by atoms with Crippen molar-refractivity contribution in [2.24, 2.45) is 13.0 Å². The molecule has 1 aliphatic rings. The third-order valence-electron chi connectivity index (χ3n) is 5.23. The van der Waals surface area contributed by atoms with Gasteiger partial charge in [0.25, 0.3) is 15.9 Å². The van der Waals surface area contributed by atoms with E-state index in [0.29, 0.717) is 5.82 Å². The molecular weight excluding hydrogens is 427 g/mol. The monoisotopic (exact) mass is 452 g/mol. The van der Waals surface area contributed by atoms with E-state index in [-0.39, 0.29) is 36.6 Å². The van der Waals surface area contributed by atoms with Crippen molar-refractivity contribution in [2.45, 2.75) is 37.8 Å². The highest BCUT2D eigenvalue weighted by molar-refractivity contribution is 7.89. The maximum Gasteiger partial charge on any atom is 0.309 e. The van der Waals surface area contributed by atoms with Gasteiger partial charge in [0.2, 0.25) is 0 Å². The van der Waals surface area contributed by atoms with Crippen molar-refractivity contribution < 1.29 is 27.1 Å². The number of carbonyl (C=O) groups is 2. The number of nitrogens with one attached hydrogen (secondary N) is 1. The van der Waals surface area contributed by atoms with Gasteiger partial charge in [-0.1, -0.05) is 6.07 Å². The maximum atomic E-state index is 13.2. The van der Waals surface area contributed by atoms with E-state index in [9.17, 15) is 22.4 Å². The molecule has 1 N–H and O–H groups in total. The quantitative estimate of drug-likeness (QED) is 0.670. The number of imidazole rings is 1. The maximum absolute atomic E-state index is 13.2. The fourth-order valence-corrected chi connectivity index (χ4v) is 4.74. The van der Waals surface area contributed by atoms with Crippen LogP contribution < -0.4 is 5.32 Å². The number of carbonyl (C=O) groups excluding carboxylic acids is 2. The van der Waals surface area contributed by atoms with Gasteiger partial charge in [-0.25, -0.2) is 17.8 Å². The molecule has 1 unspecified atom stereocenters. The number of aryl methyl sites for hydroxylation is 2. The second-order valence-corrected chi connectivity index (χ2v) is 9.38. The minimum Gasteiger partial charge on any atom is -0.452 e. The molecule has 1 aromatic heterocycles. The highest BCUT2D eigenvalue weighted by atomic mass is 32.2. The highest BCUT2D eigenvalue weighted by Gasteiger charge is 2.35. The van der Waals surface area contributed by atoms with Crippen molar-refractivity contribution >= 4 is 27.6 Å². The fourth-order valence-electron chi connectivity index (χ4n) is 3.25. The molecule has 0 bridgehead atoms. The Labute approximate surface area is 180 Å². The molecule has 31 heavy (non-hydrogen) atoms. The number of benzene rings is 1. The van der Waals surface area contributed by atoms with E-state index in [1.54, 1.807) is 18.5 Å². The number of ether oxygens (including phenoxy) is 1. The van der Waals surface area contributed by atoms with Crippen molar-refractivity contribution in [3.63, 3.8) is 0 Å². The number of hydrogen-bond donors (Lipinski definition) is 1. The number of rotatable bonds is 6. The minimum atomic E-state index is -3.73. The lowest BCUT2D eigenvalue weighted by molar-refractivity contribution is -0.158. The van der Waals surface area contributed by atoms with Gasteiger partial charge in [-0.3, -0.25) is 9.59 Å². The standard InChI is InChI=1S/C20H25FN4O5S/c1-13(19(26)23-17-6-4-5-16(21)11-17)30-20(27)15-7-9-25(10-8-15)31(28,29)18-12-24(3)14(2)22-18/h4-6,11-13,15H,7-10H2,1-3H3,(H,23,26). The van der Waals surface area contributed by atoms with Crippen LogP contribution in [0, 0.1) is 18.7 Å². The highest BCUT2D eigenvalue weighted by Crippen LogP contribution is 2.24. The molecule has 1 atom stereocenters. The topological polar surface area (TPSA) is 111 Å². The van der Waals surface area contributed by atoms with Gasteiger partial charge in [-0.05, 0) is 44.9 Å². The zero-order chi connectivity index (χ0) is 22.8. The molecule has 1 fully saturated rings. The van der Waals surface area contributed by atoms with E-state index >= 15 is 0 Å². The van der Waals surface area contributed by atoms with E-state index in [1.807, 2.05) is 0 Å². The van der Waals surface area contributed by atoms with E-state index < -0.39 is 39.7 Å². The predicted molar refractivity (Wildman–Crippen MR) is 110 cm³/mol. The SMILES string of the molecule is Cc1nc(S(=O)(=O)N2CCC(C(=O)OC(C)C(=O)Nc3cccc(F)c3)CC2)cn1C. The first-order chi connectivity index (χ1) is 14.6. The van der Waals surface area contributed by atoms with Crippen LogP contribution in [0.15, 0.2) is 35.5 Å². The van der Waals surface area contributed by atoms with Crippen molar-refractivity contribution in [1.82, 2.24) is 13.9 Å². The predicted octanol–water partition coefficient (Wildman–Crippen LogP) is 1.84. The van der Waals surface area contributed by atoms with Crippen molar-refractivity contribution in [3.05, 3.63) is 42.1 Å². The molecule has 1 aliphatic heterocycles. The lowest BCUT2D eigenvalue weighted by atomic mass is 9.98. The van der Waals surface area contributed by atoms with Gasteiger partial charge in [0, 0.05) is 32.0 Å². The van der Waals surface area contributed by atoms with Crippen molar-refractivity contribution in [3.8, 4) is 0 Å². The first kappa shape index (κ1) is 22.9. The molecule has 168 valence electrons. The number of halogens is 1. The zero-order valence-electron chi connectivity index (χ0n) is 17.5. The number of piperidine rings is 1.